The van der Waals surface area contributed by atoms with Crippen molar-refractivity contribution < 1.29 is 9.47 Å². The van der Waals surface area contributed by atoms with Gasteiger partial charge in [-0.15, -0.1) is 12.4 Å². The molecule has 0 atom stereocenters. The van der Waals surface area contributed by atoms with Crippen LogP contribution in [0.25, 0.3) is 11.1 Å². The van der Waals surface area contributed by atoms with E-state index < -0.39 is 0 Å². The molecule has 0 spiro atoms. The summed E-state index contributed by atoms with van der Waals surface area (Å²) in [6.07, 6.45) is 0. The molecular weight excluding hydrogens is 274 g/mol. The minimum absolute atomic E-state index is 0. The zero-order chi connectivity index (χ0) is 13.7. The van der Waals surface area contributed by atoms with Crippen molar-refractivity contribution in [1.29, 1.82) is 0 Å². The van der Waals surface area contributed by atoms with Crippen molar-refractivity contribution in [3.05, 3.63) is 48.0 Å². The summed E-state index contributed by atoms with van der Waals surface area (Å²) in [7, 11) is 1.67. The molecule has 108 valence electrons. The molecule has 0 saturated carbocycles. The Hall–Kier alpha value is -1.71. The molecule has 0 aliphatic rings. The molecule has 0 fully saturated rings. The van der Waals surface area contributed by atoms with Crippen LogP contribution in [0.5, 0.6) is 11.5 Å². The van der Waals surface area contributed by atoms with E-state index in [1.807, 2.05) is 37.3 Å². The summed E-state index contributed by atoms with van der Waals surface area (Å²) >= 11 is 0. The molecule has 0 unspecified atom stereocenters. The Labute approximate surface area is 126 Å². The highest BCUT2D eigenvalue weighted by molar-refractivity contribution is 5.85. The summed E-state index contributed by atoms with van der Waals surface area (Å²) in [5.74, 6) is 1.75. The van der Waals surface area contributed by atoms with Crippen molar-refractivity contribution in [1.82, 2.24) is 0 Å². The molecule has 0 saturated heterocycles. The summed E-state index contributed by atoms with van der Waals surface area (Å²) in [5, 5.41) is 0. The quantitative estimate of drug-likeness (QED) is 0.918. The molecule has 0 amide bonds. The summed E-state index contributed by atoms with van der Waals surface area (Å²) in [6, 6.07) is 14.2. The van der Waals surface area contributed by atoms with E-state index in [1.165, 1.54) is 0 Å². The van der Waals surface area contributed by atoms with E-state index in [9.17, 15) is 0 Å². The standard InChI is InChI=1S/C16H19NO2.ClH/c1-12-10-14(6-7-16(12)19-9-8-17)13-4-3-5-15(11-13)18-2;/h3-7,10-11H,8-9,17H2,1-2H3;1H. The fourth-order valence-electron chi connectivity index (χ4n) is 1.96. The molecule has 4 heteroatoms. The molecule has 0 aliphatic heterocycles. The van der Waals surface area contributed by atoms with Crippen LogP contribution in [0.1, 0.15) is 5.56 Å². The van der Waals surface area contributed by atoms with Crippen molar-refractivity contribution in [2.24, 2.45) is 5.73 Å². The number of methoxy groups -OCH3 is 1. The van der Waals surface area contributed by atoms with Crippen molar-refractivity contribution in [3.8, 4) is 22.6 Å². The molecule has 0 bridgehead atoms. The lowest BCUT2D eigenvalue weighted by atomic mass is 10.0. The normalized spacial score (nSPS) is 9.75. The molecule has 0 radical (unpaired) electrons. The van der Waals surface area contributed by atoms with Crippen LogP contribution in [0, 0.1) is 6.92 Å². The van der Waals surface area contributed by atoms with Crippen molar-refractivity contribution in [3.63, 3.8) is 0 Å². The smallest absolute Gasteiger partial charge is 0.122 e. The maximum absolute atomic E-state index is 5.57. The minimum atomic E-state index is 0. The van der Waals surface area contributed by atoms with Gasteiger partial charge in [0.05, 0.1) is 7.11 Å². The van der Waals surface area contributed by atoms with E-state index in [0.29, 0.717) is 13.2 Å². The maximum Gasteiger partial charge on any atom is 0.122 e. The van der Waals surface area contributed by atoms with Crippen LogP contribution >= 0.6 is 12.4 Å². The Balaban J connectivity index is 0.00000200. The van der Waals surface area contributed by atoms with Crippen LogP contribution in [0.4, 0.5) is 0 Å². The summed E-state index contributed by atoms with van der Waals surface area (Å²) < 4.78 is 10.8. The van der Waals surface area contributed by atoms with Crippen LogP contribution in [0.15, 0.2) is 42.5 Å². The number of halogens is 1. The highest BCUT2D eigenvalue weighted by atomic mass is 35.5. The maximum atomic E-state index is 5.57. The Kier molecular flexibility index (Phi) is 6.36. The van der Waals surface area contributed by atoms with Crippen LogP contribution < -0.4 is 15.2 Å². The molecule has 0 heterocycles. The summed E-state index contributed by atoms with van der Waals surface area (Å²) in [5.41, 5.74) is 8.83. The van der Waals surface area contributed by atoms with Gasteiger partial charge in [-0.25, -0.2) is 0 Å². The van der Waals surface area contributed by atoms with Gasteiger partial charge in [0.25, 0.3) is 0 Å². The van der Waals surface area contributed by atoms with Gasteiger partial charge in [-0.05, 0) is 47.9 Å². The van der Waals surface area contributed by atoms with E-state index in [-0.39, 0.29) is 12.4 Å². The van der Waals surface area contributed by atoms with Gasteiger partial charge in [0.2, 0.25) is 0 Å². The highest BCUT2D eigenvalue weighted by Crippen LogP contribution is 2.28. The number of hydrogen-bond acceptors (Lipinski definition) is 3. The lowest BCUT2D eigenvalue weighted by Gasteiger charge is -2.10. The third-order valence-corrected chi connectivity index (χ3v) is 2.95. The van der Waals surface area contributed by atoms with Crippen LogP contribution in [-0.4, -0.2) is 20.3 Å². The van der Waals surface area contributed by atoms with Crippen LogP contribution in [0.3, 0.4) is 0 Å². The monoisotopic (exact) mass is 293 g/mol. The molecule has 2 aromatic carbocycles. The van der Waals surface area contributed by atoms with E-state index in [2.05, 4.69) is 12.1 Å². The van der Waals surface area contributed by atoms with Crippen molar-refractivity contribution >= 4 is 12.4 Å². The average molecular weight is 294 g/mol. The lowest BCUT2D eigenvalue weighted by molar-refractivity contribution is 0.326. The first-order valence-electron chi connectivity index (χ1n) is 6.32. The second-order valence-corrected chi connectivity index (χ2v) is 4.35. The number of ether oxygens (including phenoxy) is 2. The topological polar surface area (TPSA) is 44.5 Å². The number of aryl methyl sites for hydroxylation is 1. The van der Waals surface area contributed by atoms with E-state index in [0.717, 1.165) is 28.2 Å². The third kappa shape index (κ3) is 3.89. The first-order chi connectivity index (χ1) is 9.24. The van der Waals surface area contributed by atoms with Gasteiger partial charge in [-0.3, -0.25) is 0 Å². The Morgan fingerprint density at radius 2 is 1.80 bits per heavy atom. The average Bonchev–Trinajstić information content (AvgIpc) is 2.46. The molecule has 2 rings (SSSR count). The predicted octanol–water partition coefficient (Wildman–Crippen LogP) is 3.43. The number of hydrogen-bond donors (Lipinski definition) is 1. The van der Waals surface area contributed by atoms with Gasteiger partial charge in [0.15, 0.2) is 0 Å². The van der Waals surface area contributed by atoms with Gasteiger partial charge < -0.3 is 15.2 Å². The van der Waals surface area contributed by atoms with Crippen LogP contribution in [-0.2, 0) is 0 Å². The predicted molar refractivity (Wildman–Crippen MR) is 85.0 cm³/mol. The van der Waals surface area contributed by atoms with Gasteiger partial charge >= 0.3 is 0 Å². The third-order valence-electron chi connectivity index (χ3n) is 2.95. The lowest BCUT2D eigenvalue weighted by Crippen LogP contribution is -2.11. The van der Waals surface area contributed by atoms with Gasteiger partial charge in [-0.1, -0.05) is 18.2 Å². The fraction of sp³-hybridized carbons (Fsp3) is 0.250. The van der Waals surface area contributed by atoms with Gasteiger partial charge in [0, 0.05) is 6.54 Å². The molecular formula is C16H20ClNO2. The van der Waals surface area contributed by atoms with Crippen LogP contribution in [0.2, 0.25) is 0 Å². The minimum Gasteiger partial charge on any atom is -0.497 e. The SMILES string of the molecule is COc1cccc(-c2ccc(OCCN)c(C)c2)c1.Cl. The number of nitrogens with two attached hydrogens (primary N) is 1. The summed E-state index contributed by atoms with van der Waals surface area (Å²) in [6.45, 7) is 3.10. The first-order valence-corrected chi connectivity index (χ1v) is 6.32. The van der Waals surface area contributed by atoms with Gasteiger partial charge in [0.1, 0.15) is 18.1 Å². The Bertz CT molecular complexity index is 558. The molecule has 20 heavy (non-hydrogen) atoms. The summed E-state index contributed by atoms with van der Waals surface area (Å²) in [4.78, 5) is 0. The largest absolute Gasteiger partial charge is 0.497 e. The van der Waals surface area contributed by atoms with E-state index in [4.69, 9.17) is 15.2 Å². The second-order valence-electron chi connectivity index (χ2n) is 4.35. The van der Waals surface area contributed by atoms with E-state index in [1.54, 1.807) is 7.11 Å². The zero-order valence-corrected chi connectivity index (χ0v) is 12.6. The van der Waals surface area contributed by atoms with Crippen molar-refractivity contribution in [2.45, 2.75) is 6.92 Å². The molecule has 3 nitrogen and oxygen atoms in total. The molecule has 0 aromatic heterocycles. The van der Waals surface area contributed by atoms with Gasteiger partial charge in [-0.2, -0.15) is 0 Å². The first kappa shape index (κ1) is 16.3. The Morgan fingerprint density at radius 1 is 1.05 bits per heavy atom. The van der Waals surface area contributed by atoms with E-state index >= 15 is 0 Å². The Morgan fingerprint density at radius 3 is 2.45 bits per heavy atom. The number of rotatable bonds is 5. The van der Waals surface area contributed by atoms with Crippen molar-refractivity contribution in [2.75, 3.05) is 20.3 Å². The fourth-order valence-corrected chi connectivity index (χ4v) is 1.96. The molecule has 0 aliphatic carbocycles. The zero-order valence-electron chi connectivity index (χ0n) is 11.8. The molecule has 2 N–H and O–H groups in total. The molecule has 2 aromatic rings. The second kappa shape index (κ2) is 7.78. The number of benzene rings is 2. The highest BCUT2D eigenvalue weighted by Gasteiger charge is 2.04.